The molecule has 1 saturated carbocycles. The monoisotopic (exact) mass is 455 g/mol. The SMILES string of the molecule is O=C(CC1CCC(CCN2CCC(c3cccc4c3OCO4)CC2)CC1)C[C@@H]1CCCOC1. The number of hydrogen-bond donors (Lipinski definition) is 0. The first kappa shape index (κ1) is 23.2. The van der Waals surface area contributed by atoms with Gasteiger partial charge in [0, 0.05) is 31.6 Å². The molecule has 1 atom stereocenters. The minimum atomic E-state index is 0.358. The number of hydrogen-bond acceptors (Lipinski definition) is 5. The van der Waals surface area contributed by atoms with E-state index in [1.165, 1.54) is 76.6 Å². The lowest BCUT2D eigenvalue weighted by Crippen LogP contribution is -2.34. The van der Waals surface area contributed by atoms with Crippen molar-refractivity contribution in [3.8, 4) is 11.5 Å². The lowest BCUT2D eigenvalue weighted by atomic mass is 9.77. The van der Waals surface area contributed by atoms with Gasteiger partial charge in [-0.3, -0.25) is 4.79 Å². The van der Waals surface area contributed by atoms with Gasteiger partial charge in [0.05, 0.1) is 0 Å². The van der Waals surface area contributed by atoms with Crippen LogP contribution in [0.4, 0.5) is 0 Å². The zero-order valence-corrected chi connectivity index (χ0v) is 20.1. The van der Waals surface area contributed by atoms with Gasteiger partial charge in [-0.25, -0.2) is 0 Å². The average Bonchev–Trinajstić information content (AvgIpc) is 3.34. The van der Waals surface area contributed by atoms with Crippen molar-refractivity contribution in [2.75, 3.05) is 39.6 Å². The van der Waals surface area contributed by atoms with Gasteiger partial charge in [-0.15, -0.1) is 0 Å². The number of likely N-dealkylation sites (tertiary alicyclic amines) is 1. The number of benzene rings is 1. The van der Waals surface area contributed by atoms with Crippen LogP contribution in [0.25, 0.3) is 0 Å². The summed E-state index contributed by atoms with van der Waals surface area (Å²) < 4.78 is 16.9. The third-order valence-corrected chi connectivity index (χ3v) is 8.56. The van der Waals surface area contributed by atoms with E-state index in [0.717, 1.165) is 49.9 Å². The second-order valence-corrected chi connectivity index (χ2v) is 10.9. The fourth-order valence-electron chi connectivity index (χ4n) is 6.53. The number of para-hydroxylation sites is 1. The van der Waals surface area contributed by atoms with Crippen LogP contribution in [0, 0.1) is 17.8 Å². The minimum Gasteiger partial charge on any atom is -0.454 e. The Morgan fingerprint density at radius 2 is 1.70 bits per heavy atom. The fraction of sp³-hybridized carbons (Fsp3) is 0.750. The summed E-state index contributed by atoms with van der Waals surface area (Å²) in [5.41, 5.74) is 1.34. The maximum absolute atomic E-state index is 12.5. The van der Waals surface area contributed by atoms with Crippen molar-refractivity contribution in [1.29, 1.82) is 0 Å². The van der Waals surface area contributed by atoms with Gasteiger partial charge in [0.1, 0.15) is 5.78 Å². The largest absolute Gasteiger partial charge is 0.454 e. The van der Waals surface area contributed by atoms with Gasteiger partial charge in [0.25, 0.3) is 0 Å². The molecule has 5 heteroatoms. The molecule has 0 unspecified atom stereocenters. The second kappa shape index (κ2) is 11.2. The van der Waals surface area contributed by atoms with Gasteiger partial charge < -0.3 is 19.1 Å². The van der Waals surface area contributed by atoms with Crippen LogP contribution in [-0.2, 0) is 9.53 Å². The fourth-order valence-corrected chi connectivity index (χ4v) is 6.53. The van der Waals surface area contributed by atoms with Crippen LogP contribution in [-0.4, -0.2) is 50.3 Å². The van der Waals surface area contributed by atoms with E-state index in [1.807, 2.05) is 6.07 Å². The van der Waals surface area contributed by atoms with Crippen LogP contribution >= 0.6 is 0 Å². The van der Waals surface area contributed by atoms with E-state index in [0.29, 0.717) is 30.3 Å². The zero-order valence-electron chi connectivity index (χ0n) is 20.1. The maximum Gasteiger partial charge on any atom is 0.231 e. The number of rotatable bonds is 8. The molecule has 5 rings (SSSR count). The molecule has 0 N–H and O–H groups in total. The Morgan fingerprint density at radius 3 is 2.48 bits per heavy atom. The highest BCUT2D eigenvalue weighted by atomic mass is 16.7. The summed E-state index contributed by atoms with van der Waals surface area (Å²) in [6.45, 7) is 5.64. The van der Waals surface area contributed by atoms with Crippen LogP contribution in [0.2, 0.25) is 0 Å². The van der Waals surface area contributed by atoms with Crippen molar-refractivity contribution in [3.05, 3.63) is 23.8 Å². The Kier molecular flexibility index (Phi) is 7.88. The Hall–Kier alpha value is -1.59. The number of ketones is 1. The molecule has 1 aromatic carbocycles. The van der Waals surface area contributed by atoms with Crippen molar-refractivity contribution in [1.82, 2.24) is 4.90 Å². The molecule has 33 heavy (non-hydrogen) atoms. The standard InChI is InChI=1S/C28H41NO4/c30-25(18-23-3-2-16-31-19-23)17-22-8-6-21(7-9-22)10-13-29-14-11-24(12-15-29)26-4-1-5-27-28(26)33-20-32-27/h1,4-5,21-24H,2-3,6-20H2/t21?,22?,23-/m0/s1. The van der Waals surface area contributed by atoms with E-state index in [1.54, 1.807) is 0 Å². The summed E-state index contributed by atoms with van der Waals surface area (Å²) in [5.74, 6) is 4.93. The van der Waals surface area contributed by atoms with E-state index in [-0.39, 0.29) is 0 Å². The van der Waals surface area contributed by atoms with Gasteiger partial charge in [-0.2, -0.15) is 0 Å². The lowest BCUT2D eigenvalue weighted by molar-refractivity contribution is -0.122. The molecule has 0 aromatic heterocycles. The highest BCUT2D eigenvalue weighted by molar-refractivity contribution is 5.78. The summed E-state index contributed by atoms with van der Waals surface area (Å²) in [6, 6.07) is 6.33. The van der Waals surface area contributed by atoms with Gasteiger partial charge in [0.15, 0.2) is 11.5 Å². The number of carbonyl (C=O) groups excluding carboxylic acids is 1. The number of carbonyl (C=O) groups is 1. The quantitative estimate of drug-likeness (QED) is 0.513. The first-order chi connectivity index (χ1) is 16.2. The van der Waals surface area contributed by atoms with E-state index < -0.39 is 0 Å². The topological polar surface area (TPSA) is 48.0 Å². The number of piperidine rings is 1. The Morgan fingerprint density at radius 1 is 0.909 bits per heavy atom. The van der Waals surface area contributed by atoms with Crippen LogP contribution in [0.1, 0.15) is 82.1 Å². The van der Waals surface area contributed by atoms with Crippen molar-refractivity contribution in [2.45, 2.75) is 76.5 Å². The van der Waals surface area contributed by atoms with Gasteiger partial charge in [-0.1, -0.05) is 25.0 Å². The molecule has 0 radical (unpaired) electrons. The normalized spacial score (nSPS) is 28.7. The zero-order chi connectivity index (χ0) is 22.5. The highest BCUT2D eigenvalue weighted by Gasteiger charge is 2.28. The average molecular weight is 456 g/mol. The van der Waals surface area contributed by atoms with E-state index in [9.17, 15) is 4.79 Å². The number of fused-ring (bicyclic) bond motifs is 1. The summed E-state index contributed by atoms with van der Waals surface area (Å²) in [5, 5.41) is 0. The van der Waals surface area contributed by atoms with E-state index in [2.05, 4.69) is 17.0 Å². The Labute approximate surface area is 199 Å². The molecule has 5 nitrogen and oxygen atoms in total. The Bertz CT molecular complexity index is 774. The molecule has 1 aromatic rings. The number of nitrogens with zero attached hydrogens (tertiary/aromatic N) is 1. The lowest BCUT2D eigenvalue weighted by Gasteiger charge is -2.34. The van der Waals surface area contributed by atoms with Gasteiger partial charge >= 0.3 is 0 Å². The number of ether oxygens (including phenoxy) is 3. The molecular weight excluding hydrogens is 414 g/mol. The highest BCUT2D eigenvalue weighted by Crippen LogP contribution is 2.42. The summed E-state index contributed by atoms with van der Waals surface area (Å²) in [4.78, 5) is 15.2. The molecule has 0 bridgehead atoms. The summed E-state index contributed by atoms with van der Waals surface area (Å²) in [7, 11) is 0. The van der Waals surface area contributed by atoms with Crippen LogP contribution in [0.5, 0.6) is 11.5 Å². The predicted molar refractivity (Wildman–Crippen MR) is 129 cm³/mol. The number of Topliss-reactive ketones (excluding diaryl/α,β-unsaturated/α-hetero) is 1. The molecule has 3 heterocycles. The van der Waals surface area contributed by atoms with Crippen molar-refractivity contribution in [3.63, 3.8) is 0 Å². The molecule has 3 aliphatic heterocycles. The second-order valence-electron chi connectivity index (χ2n) is 10.9. The van der Waals surface area contributed by atoms with Crippen molar-refractivity contribution >= 4 is 5.78 Å². The van der Waals surface area contributed by atoms with Gasteiger partial charge in [0.2, 0.25) is 6.79 Å². The Balaban J connectivity index is 0.980. The molecule has 2 saturated heterocycles. The molecule has 182 valence electrons. The van der Waals surface area contributed by atoms with Crippen LogP contribution in [0.3, 0.4) is 0 Å². The molecule has 0 amide bonds. The molecule has 0 spiro atoms. The van der Waals surface area contributed by atoms with Crippen LogP contribution < -0.4 is 9.47 Å². The molecule has 4 aliphatic rings. The van der Waals surface area contributed by atoms with Gasteiger partial charge in [-0.05, 0) is 94.3 Å². The predicted octanol–water partition coefficient (Wildman–Crippen LogP) is 5.57. The van der Waals surface area contributed by atoms with Crippen molar-refractivity contribution in [2.24, 2.45) is 17.8 Å². The van der Waals surface area contributed by atoms with Crippen molar-refractivity contribution < 1.29 is 19.0 Å². The minimum absolute atomic E-state index is 0.358. The third kappa shape index (κ3) is 6.10. The summed E-state index contributed by atoms with van der Waals surface area (Å²) in [6.07, 6.45) is 12.7. The molecule has 3 fully saturated rings. The smallest absolute Gasteiger partial charge is 0.231 e. The molecular formula is C28H41NO4. The van der Waals surface area contributed by atoms with Crippen LogP contribution in [0.15, 0.2) is 18.2 Å². The van der Waals surface area contributed by atoms with E-state index in [4.69, 9.17) is 14.2 Å². The third-order valence-electron chi connectivity index (χ3n) is 8.56. The maximum atomic E-state index is 12.5. The first-order valence-electron chi connectivity index (χ1n) is 13.4. The van der Waals surface area contributed by atoms with E-state index >= 15 is 0 Å². The first-order valence-corrected chi connectivity index (χ1v) is 13.4. The molecule has 1 aliphatic carbocycles. The summed E-state index contributed by atoms with van der Waals surface area (Å²) >= 11 is 0.